The molecule has 5 rings (SSSR count). The maximum Gasteiger partial charge on any atom is 0.327 e. The summed E-state index contributed by atoms with van der Waals surface area (Å²) in [6.45, 7) is 0.277. The predicted octanol–water partition coefficient (Wildman–Crippen LogP) is -3.52. The molecule has 3 atom stereocenters. The van der Waals surface area contributed by atoms with E-state index in [1.54, 1.807) is 9.80 Å². The second kappa shape index (κ2) is 5.01. The minimum absolute atomic E-state index is 0.0271. The van der Waals surface area contributed by atoms with Crippen LogP contribution in [0, 0.1) is 0 Å². The Morgan fingerprint density at radius 3 is 2.67 bits per heavy atom. The van der Waals surface area contributed by atoms with Crippen molar-refractivity contribution in [1.82, 2.24) is 20.0 Å². The zero-order valence-corrected chi connectivity index (χ0v) is 14.6. The number of imide groups is 1. The Labute approximate surface area is 154 Å². The van der Waals surface area contributed by atoms with Gasteiger partial charge in [-0.25, -0.2) is 14.8 Å². The van der Waals surface area contributed by atoms with Gasteiger partial charge in [0.05, 0.1) is 12.6 Å². The van der Waals surface area contributed by atoms with Gasteiger partial charge in [0.25, 0.3) is 0 Å². The Bertz CT molecular complexity index is 793. The molecule has 4 heterocycles. The van der Waals surface area contributed by atoms with Gasteiger partial charge in [-0.3, -0.25) is 9.69 Å². The fourth-order valence-electron chi connectivity index (χ4n) is 4.67. The number of amides is 3. The van der Waals surface area contributed by atoms with Gasteiger partial charge in [0.1, 0.15) is 12.6 Å². The zero-order valence-electron chi connectivity index (χ0n) is 14.6. The highest BCUT2D eigenvalue weighted by Crippen LogP contribution is 2.44. The Morgan fingerprint density at radius 2 is 1.96 bits per heavy atom. The van der Waals surface area contributed by atoms with Crippen molar-refractivity contribution in [3.63, 3.8) is 0 Å². The van der Waals surface area contributed by atoms with Gasteiger partial charge in [0, 0.05) is 19.0 Å². The molecule has 1 aliphatic carbocycles. The number of aliphatic imine (C=N–C) groups is 2. The molecule has 1 spiro atoms. The first-order valence-corrected chi connectivity index (χ1v) is 9.03. The number of hydrogen-bond acceptors (Lipinski definition) is 10. The van der Waals surface area contributed by atoms with Crippen molar-refractivity contribution in [2.45, 2.75) is 48.8 Å². The monoisotopic (exact) mass is 378 g/mol. The first-order valence-electron chi connectivity index (χ1n) is 9.03. The second-order valence-corrected chi connectivity index (χ2v) is 7.77. The number of nitrogens with two attached hydrogens (primary N) is 2. The van der Waals surface area contributed by atoms with Crippen LogP contribution in [0.3, 0.4) is 0 Å². The highest BCUT2D eigenvalue weighted by atomic mass is 16.5. The molecule has 27 heavy (non-hydrogen) atoms. The summed E-state index contributed by atoms with van der Waals surface area (Å²) in [4.78, 5) is 38.0. The standard InChI is InChI=1S/C15H22N8O4/c16-11-19-10-8(5-22-9(24)6-21(13(22)25)7-1-2-7)18-12(17)23-4-3-14(26,27)15(10,23)20-11/h7-8,10,26-27H,1-6H2,(H2,17,18)(H3,16,19,20)/t8-,10-,15-/m0/s1. The van der Waals surface area contributed by atoms with Crippen LogP contribution in [0.15, 0.2) is 9.98 Å². The van der Waals surface area contributed by atoms with Crippen molar-refractivity contribution < 1.29 is 19.8 Å². The largest absolute Gasteiger partial charge is 0.370 e. The van der Waals surface area contributed by atoms with Crippen LogP contribution in [-0.4, -0.2) is 98.0 Å². The van der Waals surface area contributed by atoms with E-state index in [-0.39, 0.29) is 56.0 Å². The lowest BCUT2D eigenvalue weighted by atomic mass is 9.86. The molecule has 0 unspecified atom stereocenters. The lowest BCUT2D eigenvalue weighted by Gasteiger charge is -2.49. The van der Waals surface area contributed by atoms with Crippen LogP contribution in [0.25, 0.3) is 0 Å². The summed E-state index contributed by atoms with van der Waals surface area (Å²) in [6, 6.07) is -1.76. The number of rotatable bonds is 3. The maximum atomic E-state index is 12.6. The molecule has 146 valence electrons. The third kappa shape index (κ3) is 2.04. The van der Waals surface area contributed by atoms with E-state index in [9.17, 15) is 19.8 Å². The smallest absolute Gasteiger partial charge is 0.327 e. The summed E-state index contributed by atoms with van der Waals surface area (Å²) in [5.41, 5.74) is 10.5. The molecule has 3 fully saturated rings. The van der Waals surface area contributed by atoms with Crippen molar-refractivity contribution in [1.29, 1.82) is 0 Å². The van der Waals surface area contributed by atoms with E-state index in [2.05, 4.69) is 15.3 Å². The molecule has 5 aliphatic rings. The van der Waals surface area contributed by atoms with Crippen LogP contribution in [0.4, 0.5) is 4.79 Å². The van der Waals surface area contributed by atoms with E-state index in [1.807, 2.05) is 0 Å². The summed E-state index contributed by atoms with van der Waals surface area (Å²) in [7, 11) is 0. The predicted molar refractivity (Wildman–Crippen MR) is 92.0 cm³/mol. The second-order valence-electron chi connectivity index (χ2n) is 7.77. The number of carbonyl (C=O) groups excluding carboxylic acids is 2. The van der Waals surface area contributed by atoms with E-state index >= 15 is 0 Å². The van der Waals surface area contributed by atoms with Crippen molar-refractivity contribution >= 4 is 23.9 Å². The molecule has 1 saturated carbocycles. The molecular formula is C15H22N8O4. The lowest BCUT2D eigenvalue weighted by molar-refractivity contribution is -0.221. The first-order chi connectivity index (χ1) is 12.7. The molecule has 0 bridgehead atoms. The van der Waals surface area contributed by atoms with Gasteiger partial charge in [0.15, 0.2) is 17.6 Å². The zero-order chi connectivity index (χ0) is 19.1. The SMILES string of the molecule is NC1=N[C@H]2[C@H](CN3C(=O)CN(C4CC4)C3=O)N=C(N)N3CCC(O)(O)[C@]23N1. The van der Waals surface area contributed by atoms with E-state index in [4.69, 9.17) is 11.5 Å². The van der Waals surface area contributed by atoms with Gasteiger partial charge in [-0.05, 0) is 12.8 Å². The van der Waals surface area contributed by atoms with Gasteiger partial charge in [-0.15, -0.1) is 0 Å². The fourth-order valence-corrected chi connectivity index (χ4v) is 4.67. The van der Waals surface area contributed by atoms with Crippen LogP contribution in [-0.2, 0) is 4.79 Å². The molecule has 3 amide bonds. The van der Waals surface area contributed by atoms with Crippen molar-refractivity contribution in [2.24, 2.45) is 21.5 Å². The Morgan fingerprint density at radius 1 is 1.22 bits per heavy atom. The van der Waals surface area contributed by atoms with Gasteiger partial charge >= 0.3 is 6.03 Å². The third-order valence-corrected chi connectivity index (χ3v) is 6.12. The van der Waals surface area contributed by atoms with Crippen molar-refractivity contribution in [2.75, 3.05) is 19.6 Å². The number of aliphatic hydroxyl groups is 2. The van der Waals surface area contributed by atoms with Crippen LogP contribution in [0.2, 0.25) is 0 Å². The summed E-state index contributed by atoms with van der Waals surface area (Å²) in [5.74, 6) is -2.32. The van der Waals surface area contributed by atoms with Gasteiger partial charge < -0.3 is 36.8 Å². The van der Waals surface area contributed by atoms with Gasteiger partial charge in [0.2, 0.25) is 11.7 Å². The molecule has 0 aromatic heterocycles. The number of carbonyl (C=O) groups is 2. The molecule has 7 N–H and O–H groups in total. The van der Waals surface area contributed by atoms with E-state index < -0.39 is 23.5 Å². The minimum Gasteiger partial charge on any atom is -0.370 e. The Hall–Kier alpha value is -2.60. The number of urea groups is 1. The molecule has 2 saturated heterocycles. The molecule has 4 aliphatic heterocycles. The summed E-state index contributed by atoms with van der Waals surface area (Å²) < 4.78 is 0. The van der Waals surface area contributed by atoms with Crippen molar-refractivity contribution in [3.05, 3.63) is 0 Å². The molecular weight excluding hydrogens is 356 g/mol. The average molecular weight is 378 g/mol. The fraction of sp³-hybridized carbons (Fsp3) is 0.733. The van der Waals surface area contributed by atoms with E-state index in [1.165, 1.54) is 0 Å². The number of guanidine groups is 2. The van der Waals surface area contributed by atoms with Gasteiger partial charge in [-0.1, -0.05) is 0 Å². The molecule has 0 aromatic rings. The molecule has 0 radical (unpaired) electrons. The van der Waals surface area contributed by atoms with Crippen LogP contribution in [0.1, 0.15) is 19.3 Å². The lowest BCUT2D eigenvalue weighted by Crippen LogP contribution is -2.76. The highest BCUT2D eigenvalue weighted by molar-refractivity contribution is 6.02. The summed E-state index contributed by atoms with van der Waals surface area (Å²) >= 11 is 0. The third-order valence-electron chi connectivity index (χ3n) is 6.12. The Balaban J connectivity index is 1.48. The normalized spacial score (nSPS) is 37.2. The number of hydrogen-bond donors (Lipinski definition) is 5. The molecule has 0 aromatic carbocycles. The van der Waals surface area contributed by atoms with Crippen LogP contribution in [0.5, 0.6) is 0 Å². The maximum absolute atomic E-state index is 12.6. The van der Waals surface area contributed by atoms with Crippen molar-refractivity contribution in [3.8, 4) is 0 Å². The van der Waals surface area contributed by atoms with E-state index in [0.717, 1.165) is 17.7 Å². The van der Waals surface area contributed by atoms with Gasteiger partial charge in [-0.2, -0.15) is 0 Å². The quantitative estimate of drug-likeness (QED) is 0.248. The Kier molecular flexibility index (Phi) is 3.07. The first kappa shape index (κ1) is 16.6. The van der Waals surface area contributed by atoms with E-state index in [0.29, 0.717) is 0 Å². The summed E-state index contributed by atoms with van der Waals surface area (Å²) in [6.07, 6.45) is 1.84. The average Bonchev–Trinajstić information content (AvgIpc) is 3.24. The minimum atomic E-state index is -2.15. The molecule has 12 heteroatoms. The summed E-state index contributed by atoms with van der Waals surface area (Å²) in [5, 5.41) is 24.2. The highest BCUT2D eigenvalue weighted by Gasteiger charge is 2.69. The topological polar surface area (TPSA) is 173 Å². The molecule has 12 nitrogen and oxygen atoms in total. The van der Waals surface area contributed by atoms with Crippen LogP contribution < -0.4 is 16.8 Å². The number of nitrogens with zero attached hydrogens (tertiary/aromatic N) is 5. The number of nitrogens with one attached hydrogen (secondary N) is 1. The van der Waals surface area contributed by atoms with Crippen LogP contribution >= 0.6 is 0 Å².